The lowest BCUT2D eigenvalue weighted by Crippen LogP contribution is -2.25. The number of unbranched alkanes of at least 4 members (excludes halogenated alkanes) is 1. The highest BCUT2D eigenvalue weighted by molar-refractivity contribution is 5.91. The summed E-state index contributed by atoms with van der Waals surface area (Å²) in [6, 6.07) is 17.6. The molecule has 0 unspecified atom stereocenters. The predicted octanol–water partition coefficient (Wildman–Crippen LogP) is 5.76. The lowest BCUT2D eigenvalue weighted by molar-refractivity contribution is -0.154. The van der Waals surface area contributed by atoms with Crippen molar-refractivity contribution in [3.63, 3.8) is 0 Å². The fourth-order valence-electron chi connectivity index (χ4n) is 2.37. The average molecular weight is 383 g/mol. The molecule has 0 spiro atoms. The number of carbonyl (C=O) groups excluding carboxylic acids is 1. The highest BCUT2D eigenvalue weighted by atomic mass is 16.6. The first-order valence-electron chi connectivity index (χ1n) is 9.72. The third-order valence-electron chi connectivity index (χ3n) is 3.78. The summed E-state index contributed by atoms with van der Waals surface area (Å²) in [5, 5.41) is 0. The normalized spacial score (nSPS) is 11.8. The summed E-state index contributed by atoms with van der Waals surface area (Å²) in [7, 11) is 0. The number of esters is 1. The molecule has 2 aromatic rings. The molecule has 0 saturated heterocycles. The van der Waals surface area contributed by atoms with Gasteiger partial charge in [0, 0.05) is 0 Å². The van der Waals surface area contributed by atoms with E-state index >= 15 is 0 Å². The van der Waals surface area contributed by atoms with Crippen molar-refractivity contribution in [3.8, 4) is 5.75 Å². The Morgan fingerprint density at radius 1 is 1.00 bits per heavy atom. The van der Waals surface area contributed by atoms with E-state index in [4.69, 9.17) is 14.2 Å². The Kier molecular flexibility index (Phi) is 8.12. The summed E-state index contributed by atoms with van der Waals surface area (Å²) >= 11 is 0. The first-order chi connectivity index (χ1) is 13.4. The van der Waals surface area contributed by atoms with Crippen LogP contribution in [0, 0.1) is 0 Å². The molecule has 2 aromatic carbocycles. The lowest BCUT2D eigenvalue weighted by atomic mass is 10.1. The molecule has 0 aromatic heterocycles. The first kappa shape index (κ1) is 21.5. The van der Waals surface area contributed by atoms with Crippen LogP contribution in [0.15, 0.2) is 60.4 Å². The zero-order valence-corrected chi connectivity index (χ0v) is 17.2. The van der Waals surface area contributed by atoms with Crippen molar-refractivity contribution in [3.05, 3.63) is 71.5 Å². The van der Waals surface area contributed by atoms with E-state index in [9.17, 15) is 4.79 Å². The number of rotatable bonds is 9. The van der Waals surface area contributed by atoms with Crippen LogP contribution in [0.5, 0.6) is 5.75 Å². The van der Waals surface area contributed by atoms with Crippen LogP contribution in [0.3, 0.4) is 0 Å². The third-order valence-corrected chi connectivity index (χ3v) is 3.78. The molecule has 0 N–H and O–H groups in total. The zero-order valence-electron chi connectivity index (χ0n) is 17.2. The van der Waals surface area contributed by atoms with Gasteiger partial charge in [-0.25, -0.2) is 4.79 Å². The standard InChI is InChI=1S/C24H30O4/c1-5-6-16-26-22(23(25)28-24(2,3)4)17-19-12-14-21(15-13-19)27-18-20-10-8-7-9-11-20/h7-15,17H,5-6,16,18H2,1-4H3/b22-17-. The lowest BCUT2D eigenvalue weighted by Gasteiger charge is -2.20. The minimum atomic E-state index is -0.570. The molecule has 0 aliphatic carbocycles. The maximum atomic E-state index is 12.4. The molecule has 0 fully saturated rings. The fourth-order valence-corrected chi connectivity index (χ4v) is 2.37. The molecule has 0 heterocycles. The number of hydrogen-bond acceptors (Lipinski definition) is 4. The maximum Gasteiger partial charge on any atom is 0.374 e. The number of hydrogen-bond donors (Lipinski definition) is 0. The molecule has 0 amide bonds. The Balaban J connectivity index is 2.05. The highest BCUT2D eigenvalue weighted by Gasteiger charge is 2.21. The topological polar surface area (TPSA) is 44.8 Å². The van der Waals surface area contributed by atoms with Gasteiger partial charge in [-0.15, -0.1) is 0 Å². The van der Waals surface area contributed by atoms with Crippen molar-refractivity contribution in [2.24, 2.45) is 0 Å². The van der Waals surface area contributed by atoms with E-state index in [-0.39, 0.29) is 5.76 Å². The molecule has 0 aliphatic rings. The predicted molar refractivity (Wildman–Crippen MR) is 112 cm³/mol. The van der Waals surface area contributed by atoms with Gasteiger partial charge in [0.05, 0.1) is 6.61 Å². The Bertz CT molecular complexity index is 755. The van der Waals surface area contributed by atoms with Gasteiger partial charge in [0.15, 0.2) is 0 Å². The van der Waals surface area contributed by atoms with Crippen LogP contribution < -0.4 is 4.74 Å². The molecule has 0 aliphatic heterocycles. The second-order valence-corrected chi connectivity index (χ2v) is 7.56. The summed E-state index contributed by atoms with van der Waals surface area (Å²) in [6.07, 6.45) is 3.59. The van der Waals surface area contributed by atoms with E-state index < -0.39 is 11.6 Å². The van der Waals surface area contributed by atoms with Crippen molar-refractivity contribution in [1.29, 1.82) is 0 Å². The SMILES string of the molecule is CCCCO/C(=C\c1ccc(OCc2ccccc2)cc1)C(=O)OC(C)(C)C. The Morgan fingerprint density at radius 2 is 1.68 bits per heavy atom. The van der Waals surface area contributed by atoms with Gasteiger partial charge in [-0.2, -0.15) is 0 Å². The molecule has 0 atom stereocenters. The summed E-state index contributed by atoms with van der Waals surface area (Å²) < 4.78 is 16.9. The summed E-state index contributed by atoms with van der Waals surface area (Å²) in [6.45, 7) is 8.60. The molecule has 4 heteroatoms. The van der Waals surface area contributed by atoms with E-state index in [2.05, 4.69) is 6.92 Å². The van der Waals surface area contributed by atoms with Gasteiger partial charge in [-0.05, 0) is 56.5 Å². The molecule has 0 radical (unpaired) electrons. The van der Waals surface area contributed by atoms with Gasteiger partial charge < -0.3 is 14.2 Å². The number of ether oxygens (including phenoxy) is 3. The zero-order chi connectivity index (χ0) is 20.4. The van der Waals surface area contributed by atoms with Crippen molar-refractivity contribution >= 4 is 12.0 Å². The molecule has 0 saturated carbocycles. The first-order valence-corrected chi connectivity index (χ1v) is 9.72. The molecule has 2 rings (SSSR count). The van der Waals surface area contributed by atoms with Crippen LogP contribution in [0.1, 0.15) is 51.7 Å². The van der Waals surface area contributed by atoms with E-state index in [0.29, 0.717) is 13.2 Å². The van der Waals surface area contributed by atoms with Crippen LogP contribution in [-0.4, -0.2) is 18.2 Å². The molecule has 28 heavy (non-hydrogen) atoms. The monoisotopic (exact) mass is 382 g/mol. The van der Waals surface area contributed by atoms with Gasteiger partial charge in [0.1, 0.15) is 18.0 Å². The summed E-state index contributed by atoms with van der Waals surface area (Å²) in [4.78, 5) is 12.4. The van der Waals surface area contributed by atoms with Gasteiger partial charge in [0.25, 0.3) is 0 Å². The second-order valence-electron chi connectivity index (χ2n) is 7.56. The molecule has 0 bridgehead atoms. The van der Waals surface area contributed by atoms with E-state index in [1.165, 1.54) is 0 Å². The van der Waals surface area contributed by atoms with Crippen molar-refractivity contribution in [2.45, 2.75) is 52.7 Å². The minimum absolute atomic E-state index is 0.223. The van der Waals surface area contributed by atoms with Crippen molar-refractivity contribution < 1.29 is 19.0 Å². The van der Waals surface area contributed by atoms with Crippen LogP contribution in [0.2, 0.25) is 0 Å². The van der Waals surface area contributed by atoms with Crippen molar-refractivity contribution in [2.75, 3.05) is 6.61 Å². The number of carbonyl (C=O) groups is 1. The summed E-state index contributed by atoms with van der Waals surface area (Å²) in [5.41, 5.74) is 1.40. The Morgan fingerprint density at radius 3 is 2.29 bits per heavy atom. The highest BCUT2D eigenvalue weighted by Crippen LogP contribution is 2.19. The third kappa shape index (κ3) is 7.87. The largest absolute Gasteiger partial charge is 0.489 e. The van der Waals surface area contributed by atoms with Crippen LogP contribution in [0.25, 0.3) is 6.08 Å². The molecule has 150 valence electrons. The van der Waals surface area contributed by atoms with E-state index in [1.807, 2.05) is 75.4 Å². The van der Waals surface area contributed by atoms with Gasteiger partial charge in [-0.1, -0.05) is 55.8 Å². The number of benzene rings is 2. The average Bonchev–Trinajstić information content (AvgIpc) is 2.66. The summed E-state index contributed by atoms with van der Waals surface area (Å²) in [5.74, 6) is 0.543. The van der Waals surface area contributed by atoms with Crippen LogP contribution in [0.4, 0.5) is 0 Å². The van der Waals surface area contributed by atoms with Gasteiger partial charge >= 0.3 is 5.97 Å². The van der Waals surface area contributed by atoms with Crippen molar-refractivity contribution in [1.82, 2.24) is 0 Å². The van der Waals surface area contributed by atoms with Crippen LogP contribution in [-0.2, 0) is 20.9 Å². The smallest absolute Gasteiger partial charge is 0.374 e. The second kappa shape index (κ2) is 10.5. The Hall–Kier alpha value is -2.75. The maximum absolute atomic E-state index is 12.4. The fraction of sp³-hybridized carbons (Fsp3) is 0.375. The Labute approximate surface area is 168 Å². The quantitative estimate of drug-likeness (QED) is 0.239. The van der Waals surface area contributed by atoms with E-state index in [0.717, 1.165) is 29.7 Å². The minimum Gasteiger partial charge on any atom is -0.489 e. The molecular weight excluding hydrogens is 352 g/mol. The van der Waals surface area contributed by atoms with Gasteiger partial charge in [0.2, 0.25) is 5.76 Å². The van der Waals surface area contributed by atoms with Crippen LogP contribution >= 0.6 is 0 Å². The molecule has 4 nitrogen and oxygen atoms in total. The van der Waals surface area contributed by atoms with Gasteiger partial charge in [-0.3, -0.25) is 0 Å². The molecular formula is C24H30O4. The van der Waals surface area contributed by atoms with E-state index in [1.54, 1.807) is 6.08 Å².